The molecular weight excluding hydrogens is 528 g/mol. The Balaban J connectivity index is 1.40. The summed E-state index contributed by atoms with van der Waals surface area (Å²) in [6.45, 7) is 7.01. The number of amides is 1. The highest BCUT2D eigenvalue weighted by Crippen LogP contribution is 2.33. The standard InChI is InChI=1S/C33H36N6O3/c1-22(24-8-9-29(41-3)30(18-24)42-4)37-33(40)26(19-34)17-27-20-36-32-31(27)28(10-11-35-32)25-7-5-6-23(16-25)21-39-14-12-38(2)13-15-39/h5-11,16-18,20,22H,12-15,21H2,1-4H3,(H,35,36)(H,37,40)/b26-17+/t22-/m1/s1. The lowest BCUT2D eigenvalue weighted by Gasteiger charge is -2.32. The first kappa shape index (κ1) is 28.9. The highest BCUT2D eigenvalue weighted by atomic mass is 16.5. The van der Waals surface area contributed by atoms with Crippen LogP contribution in [0.5, 0.6) is 11.5 Å². The molecule has 42 heavy (non-hydrogen) atoms. The third kappa shape index (κ3) is 6.30. The summed E-state index contributed by atoms with van der Waals surface area (Å²) in [5.74, 6) is 0.707. The van der Waals surface area contributed by atoms with E-state index in [1.165, 1.54) is 5.56 Å². The predicted molar refractivity (Wildman–Crippen MR) is 164 cm³/mol. The lowest BCUT2D eigenvalue weighted by Crippen LogP contribution is -2.43. The number of hydrogen-bond acceptors (Lipinski definition) is 7. The van der Waals surface area contributed by atoms with Crippen molar-refractivity contribution in [1.29, 1.82) is 5.26 Å². The van der Waals surface area contributed by atoms with E-state index < -0.39 is 5.91 Å². The molecule has 0 radical (unpaired) electrons. The van der Waals surface area contributed by atoms with E-state index in [0.717, 1.165) is 60.4 Å². The van der Waals surface area contributed by atoms with Gasteiger partial charge in [-0.2, -0.15) is 5.26 Å². The van der Waals surface area contributed by atoms with Gasteiger partial charge < -0.3 is 24.7 Å². The van der Waals surface area contributed by atoms with Crippen LogP contribution in [0.3, 0.4) is 0 Å². The molecule has 1 aliphatic rings. The number of methoxy groups -OCH3 is 2. The second kappa shape index (κ2) is 12.9. The van der Waals surface area contributed by atoms with Crippen LogP contribution in [0, 0.1) is 11.3 Å². The monoisotopic (exact) mass is 564 g/mol. The zero-order valence-corrected chi connectivity index (χ0v) is 24.5. The van der Waals surface area contributed by atoms with Crippen molar-refractivity contribution in [2.45, 2.75) is 19.5 Å². The smallest absolute Gasteiger partial charge is 0.262 e. The number of carbonyl (C=O) groups excluding carboxylic acids is 1. The number of fused-ring (bicyclic) bond motifs is 1. The second-order valence-electron chi connectivity index (χ2n) is 10.6. The van der Waals surface area contributed by atoms with Gasteiger partial charge in [-0.3, -0.25) is 9.69 Å². The quantitative estimate of drug-likeness (QED) is 0.223. The van der Waals surface area contributed by atoms with Gasteiger partial charge in [0, 0.05) is 56.1 Å². The Morgan fingerprint density at radius 1 is 1.12 bits per heavy atom. The van der Waals surface area contributed by atoms with Crippen molar-refractivity contribution in [1.82, 2.24) is 25.1 Å². The van der Waals surface area contributed by atoms with Gasteiger partial charge >= 0.3 is 0 Å². The van der Waals surface area contributed by atoms with Crippen molar-refractivity contribution >= 4 is 23.0 Å². The van der Waals surface area contributed by atoms with Crippen molar-refractivity contribution in [2.24, 2.45) is 0 Å². The van der Waals surface area contributed by atoms with E-state index in [-0.39, 0.29) is 11.6 Å². The average molecular weight is 565 g/mol. The maximum Gasteiger partial charge on any atom is 0.262 e. The summed E-state index contributed by atoms with van der Waals surface area (Å²) in [4.78, 5) is 25.8. The summed E-state index contributed by atoms with van der Waals surface area (Å²) < 4.78 is 10.7. The highest BCUT2D eigenvalue weighted by Gasteiger charge is 2.18. The van der Waals surface area contributed by atoms with Crippen molar-refractivity contribution in [3.8, 4) is 28.7 Å². The summed E-state index contributed by atoms with van der Waals surface area (Å²) in [5.41, 5.74) is 5.55. The number of benzene rings is 2. The number of aromatic nitrogens is 2. The maximum absolute atomic E-state index is 13.2. The summed E-state index contributed by atoms with van der Waals surface area (Å²) in [6.07, 6.45) is 5.18. The lowest BCUT2D eigenvalue weighted by atomic mass is 9.98. The van der Waals surface area contributed by atoms with Gasteiger partial charge in [0.2, 0.25) is 0 Å². The Hall–Kier alpha value is -4.65. The van der Waals surface area contributed by atoms with Crippen LogP contribution in [0.1, 0.15) is 29.7 Å². The average Bonchev–Trinajstić information content (AvgIpc) is 3.43. The minimum Gasteiger partial charge on any atom is -0.493 e. The minimum atomic E-state index is -0.464. The van der Waals surface area contributed by atoms with Crippen molar-refractivity contribution in [2.75, 3.05) is 47.4 Å². The number of aromatic amines is 1. The molecule has 0 aliphatic carbocycles. The molecular formula is C33H36N6O3. The number of nitrogens with zero attached hydrogens (tertiary/aromatic N) is 4. The van der Waals surface area contributed by atoms with Gasteiger partial charge in [0.25, 0.3) is 5.91 Å². The number of hydrogen-bond donors (Lipinski definition) is 2. The molecule has 0 spiro atoms. The number of likely N-dealkylation sites (N-methyl/N-ethyl adjacent to an activating group) is 1. The van der Waals surface area contributed by atoms with E-state index in [9.17, 15) is 10.1 Å². The lowest BCUT2D eigenvalue weighted by molar-refractivity contribution is -0.117. The number of rotatable bonds is 9. The van der Waals surface area contributed by atoms with Crippen molar-refractivity contribution in [3.05, 3.63) is 83.2 Å². The maximum atomic E-state index is 13.2. The zero-order chi connectivity index (χ0) is 29.6. The van der Waals surface area contributed by atoms with Gasteiger partial charge in [0.05, 0.1) is 20.3 Å². The minimum absolute atomic E-state index is 0.00171. The Kier molecular flexibility index (Phi) is 8.86. The van der Waals surface area contributed by atoms with Crippen LogP contribution in [-0.2, 0) is 11.3 Å². The molecule has 2 N–H and O–H groups in total. The molecule has 5 rings (SSSR count). The molecule has 1 saturated heterocycles. The van der Waals surface area contributed by atoms with Crippen LogP contribution in [0.4, 0.5) is 0 Å². The van der Waals surface area contributed by atoms with E-state index in [1.807, 2.05) is 25.1 Å². The van der Waals surface area contributed by atoms with E-state index in [1.54, 1.807) is 38.8 Å². The number of ether oxygens (including phenoxy) is 2. The van der Waals surface area contributed by atoms with Crippen LogP contribution in [-0.4, -0.2) is 73.1 Å². The number of H-pyrrole nitrogens is 1. The molecule has 216 valence electrons. The molecule has 3 heterocycles. The largest absolute Gasteiger partial charge is 0.493 e. The van der Waals surface area contributed by atoms with Gasteiger partial charge in [-0.25, -0.2) is 4.98 Å². The van der Waals surface area contributed by atoms with Gasteiger partial charge in [0.1, 0.15) is 17.3 Å². The predicted octanol–water partition coefficient (Wildman–Crippen LogP) is 4.78. The first-order chi connectivity index (χ1) is 20.4. The van der Waals surface area contributed by atoms with Crippen LogP contribution < -0.4 is 14.8 Å². The third-order valence-electron chi connectivity index (χ3n) is 7.76. The molecule has 1 fully saturated rings. The molecule has 9 heteroatoms. The fraction of sp³-hybridized carbons (Fsp3) is 0.303. The molecule has 0 unspecified atom stereocenters. The van der Waals surface area contributed by atoms with Gasteiger partial charge in [-0.1, -0.05) is 24.3 Å². The van der Waals surface area contributed by atoms with Gasteiger partial charge in [-0.15, -0.1) is 0 Å². The molecule has 0 bridgehead atoms. The Labute approximate surface area is 246 Å². The van der Waals surface area contributed by atoms with E-state index in [0.29, 0.717) is 17.1 Å². The first-order valence-electron chi connectivity index (χ1n) is 14.0. The molecule has 1 atom stereocenters. The SMILES string of the molecule is COc1ccc([C@@H](C)NC(=O)/C(C#N)=C/c2c[nH]c3nccc(-c4cccc(CN5CCN(C)CC5)c4)c23)cc1OC. The Bertz CT molecular complexity index is 1650. The molecule has 1 amide bonds. The summed E-state index contributed by atoms with van der Waals surface area (Å²) in [6, 6.07) is 17.7. The molecule has 2 aromatic carbocycles. The number of nitriles is 1. The third-order valence-corrected chi connectivity index (χ3v) is 7.76. The molecule has 4 aromatic rings. The molecule has 9 nitrogen and oxygen atoms in total. The van der Waals surface area contributed by atoms with E-state index >= 15 is 0 Å². The first-order valence-corrected chi connectivity index (χ1v) is 14.0. The number of piperazine rings is 1. The van der Waals surface area contributed by atoms with Crippen molar-refractivity contribution < 1.29 is 14.3 Å². The van der Waals surface area contributed by atoms with E-state index in [4.69, 9.17) is 9.47 Å². The van der Waals surface area contributed by atoms with Crippen LogP contribution in [0.2, 0.25) is 0 Å². The van der Waals surface area contributed by atoms with Gasteiger partial charge in [0.15, 0.2) is 11.5 Å². The van der Waals surface area contributed by atoms with E-state index in [2.05, 4.69) is 62.5 Å². The number of carbonyl (C=O) groups is 1. The Morgan fingerprint density at radius 3 is 2.64 bits per heavy atom. The normalized spacial score (nSPS) is 15.3. The zero-order valence-electron chi connectivity index (χ0n) is 24.5. The topological polar surface area (TPSA) is 107 Å². The van der Waals surface area contributed by atoms with Crippen LogP contribution in [0.25, 0.3) is 28.2 Å². The molecule has 0 saturated carbocycles. The van der Waals surface area contributed by atoms with Crippen LogP contribution >= 0.6 is 0 Å². The number of nitrogens with one attached hydrogen (secondary N) is 2. The molecule has 1 aliphatic heterocycles. The fourth-order valence-electron chi connectivity index (χ4n) is 5.32. The Morgan fingerprint density at radius 2 is 1.90 bits per heavy atom. The van der Waals surface area contributed by atoms with Crippen LogP contribution in [0.15, 0.2) is 66.5 Å². The second-order valence-corrected chi connectivity index (χ2v) is 10.6. The number of pyridine rings is 1. The van der Waals surface area contributed by atoms with Gasteiger partial charge in [-0.05, 0) is 66.6 Å². The summed E-state index contributed by atoms with van der Waals surface area (Å²) >= 11 is 0. The molecule has 2 aromatic heterocycles. The summed E-state index contributed by atoms with van der Waals surface area (Å²) in [5, 5.41) is 13.7. The fourth-order valence-corrected chi connectivity index (χ4v) is 5.32. The van der Waals surface area contributed by atoms with Crippen molar-refractivity contribution in [3.63, 3.8) is 0 Å². The summed E-state index contributed by atoms with van der Waals surface area (Å²) in [7, 11) is 5.30. The highest BCUT2D eigenvalue weighted by molar-refractivity contribution is 6.06.